The molecule has 6 heteroatoms. The lowest BCUT2D eigenvalue weighted by Crippen LogP contribution is -2.39. The summed E-state index contributed by atoms with van der Waals surface area (Å²) in [5, 5.41) is 7.58. The molecule has 0 spiro atoms. The summed E-state index contributed by atoms with van der Waals surface area (Å²) in [6.07, 6.45) is 7.70. The van der Waals surface area contributed by atoms with Gasteiger partial charge in [0.15, 0.2) is 4.77 Å². The maximum absolute atomic E-state index is 5.50. The van der Waals surface area contributed by atoms with Gasteiger partial charge in [-0.2, -0.15) is 0 Å². The minimum atomic E-state index is 0.505. The second kappa shape index (κ2) is 6.48. The lowest BCUT2D eigenvalue weighted by Gasteiger charge is -2.31. The van der Waals surface area contributed by atoms with Crippen LogP contribution in [0.2, 0.25) is 0 Å². The van der Waals surface area contributed by atoms with Crippen molar-refractivity contribution in [1.29, 1.82) is 0 Å². The van der Waals surface area contributed by atoms with E-state index in [0.29, 0.717) is 12.1 Å². The Morgan fingerprint density at radius 3 is 2.71 bits per heavy atom. The predicted molar refractivity (Wildman–Crippen MR) is 86.3 cm³/mol. The van der Waals surface area contributed by atoms with Gasteiger partial charge in [0.05, 0.1) is 6.61 Å². The third kappa shape index (κ3) is 3.16. The number of methoxy groups -OCH3 is 1. The molecule has 2 aliphatic carbocycles. The van der Waals surface area contributed by atoms with Crippen LogP contribution in [0.15, 0.2) is 0 Å². The van der Waals surface area contributed by atoms with Gasteiger partial charge >= 0.3 is 0 Å². The van der Waals surface area contributed by atoms with Crippen molar-refractivity contribution in [3.63, 3.8) is 0 Å². The third-order valence-electron chi connectivity index (χ3n) is 4.96. The molecule has 3 rings (SSSR count). The van der Waals surface area contributed by atoms with Crippen molar-refractivity contribution in [3.05, 3.63) is 4.77 Å². The zero-order chi connectivity index (χ0) is 14.8. The average Bonchev–Trinajstić information content (AvgIpc) is 3.07. The molecule has 1 atom stereocenters. The Hall–Kier alpha value is -0.880. The van der Waals surface area contributed by atoms with Crippen molar-refractivity contribution < 1.29 is 4.74 Å². The topological polar surface area (TPSA) is 46.1 Å². The fourth-order valence-corrected chi connectivity index (χ4v) is 3.78. The van der Waals surface area contributed by atoms with Crippen molar-refractivity contribution in [2.24, 2.45) is 5.92 Å². The summed E-state index contributed by atoms with van der Waals surface area (Å²) in [4.78, 5) is 2.39. The van der Waals surface area contributed by atoms with E-state index in [2.05, 4.69) is 26.6 Å². The summed E-state index contributed by atoms with van der Waals surface area (Å²) >= 11 is 5.50. The minimum absolute atomic E-state index is 0.505. The van der Waals surface area contributed by atoms with Gasteiger partial charge < -0.3 is 9.64 Å². The van der Waals surface area contributed by atoms with Crippen LogP contribution in [0, 0.1) is 10.7 Å². The molecule has 0 aliphatic heterocycles. The molecule has 2 fully saturated rings. The molecule has 1 unspecified atom stereocenters. The smallest absolute Gasteiger partial charge is 0.226 e. The first kappa shape index (κ1) is 15.0. The van der Waals surface area contributed by atoms with Gasteiger partial charge in [0, 0.05) is 25.7 Å². The van der Waals surface area contributed by atoms with Crippen LogP contribution >= 0.6 is 12.2 Å². The molecule has 2 aliphatic rings. The molecule has 0 aromatic carbocycles. The molecule has 0 bridgehead atoms. The van der Waals surface area contributed by atoms with Crippen molar-refractivity contribution in [1.82, 2.24) is 14.8 Å². The number of hydrogen-bond donors (Lipinski definition) is 1. The van der Waals surface area contributed by atoms with E-state index in [4.69, 9.17) is 17.0 Å². The molecule has 2 saturated carbocycles. The van der Waals surface area contributed by atoms with Gasteiger partial charge in [-0.3, -0.25) is 4.57 Å². The Labute approximate surface area is 131 Å². The Morgan fingerprint density at radius 1 is 1.38 bits per heavy atom. The molecule has 1 N–H and O–H groups in total. The molecule has 118 valence electrons. The SMILES string of the molecule is COCCN(c1n[nH]c(=S)n1C1CCCC1)C(C)C1CC1. The normalized spacial score (nSPS) is 20.9. The van der Waals surface area contributed by atoms with Gasteiger partial charge in [0.2, 0.25) is 5.95 Å². The fourth-order valence-electron chi connectivity index (χ4n) is 3.50. The number of nitrogens with zero attached hydrogens (tertiary/aromatic N) is 3. The molecule has 1 aromatic heterocycles. The van der Waals surface area contributed by atoms with Crippen molar-refractivity contribution in [2.45, 2.75) is 57.5 Å². The lowest BCUT2D eigenvalue weighted by atomic mass is 10.2. The van der Waals surface area contributed by atoms with Crippen LogP contribution in [0.5, 0.6) is 0 Å². The molecule has 21 heavy (non-hydrogen) atoms. The van der Waals surface area contributed by atoms with Gasteiger partial charge in [0.25, 0.3) is 0 Å². The highest BCUT2D eigenvalue weighted by atomic mass is 32.1. The Bertz CT molecular complexity index is 516. The summed E-state index contributed by atoms with van der Waals surface area (Å²) in [5.74, 6) is 1.81. The van der Waals surface area contributed by atoms with Crippen LogP contribution in [0.1, 0.15) is 51.5 Å². The van der Waals surface area contributed by atoms with E-state index in [1.807, 2.05) is 0 Å². The Kier molecular flexibility index (Phi) is 4.64. The van der Waals surface area contributed by atoms with Gasteiger partial charge in [-0.25, -0.2) is 5.10 Å². The molecule has 1 aromatic rings. The highest BCUT2D eigenvalue weighted by Gasteiger charge is 2.35. The standard InChI is InChI=1S/C15H26N4OS/c1-11(12-7-8-12)18(9-10-20-2)14-16-17-15(21)19(14)13-5-3-4-6-13/h11-13H,3-10H2,1-2H3,(H,17,21). The second-order valence-electron chi connectivity index (χ2n) is 6.40. The van der Waals surface area contributed by atoms with E-state index in [1.165, 1.54) is 38.5 Å². The summed E-state index contributed by atoms with van der Waals surface area (Å²) in [7, 11) is 1.76. The van der Waals surface area contributed by atoms with Crippen LogP contribution in [0.3, 0.4) is 0 Å². The van der Waals surface area contributed by atoms with E-state index in [-0.39, 0.29) is 0 Å². The largest absolute Gasteiger partial charge is 0.383 e. The number of ether oxygens (including phenoxy) is 1. The molecule has 1 heterocycles. The number of aromatic amines is 1. The summed E-state index contributed by atoms with van der Waals surface area (Å²) in [6.45, 7) is 3.91. The average molecular weight is 310 g/mol. The highest BCUT2D eigenvalue weighted by molar-refractivity contribution is 7.71. The Balaban J connectivity index is 1.88. The van der Waals surface area contributed by atoms with Gasteiger partial charge in [-0.05, 0) is 50.7 Å². The minimum Gasteiger partial charge on any atom is -0.383 e. The molecule has 5 nitrogen and oxygen atoms in total. The Morgan fingerprint density at radius 2 is 2.10 bits per heavy atom. The molecule has 0 amide bonds. The first-order chi connectivity index (χ1) is 10.2. The van der Waals surface area contributed by atoms with E-state index in [0.717, 1.165) is 29.8 Å². The molecule has 0 radical (unpaired) electrons. The van der Waals surface area contributed by atoms with Crippen molar-refractivity contribution in [2.75, 3.05) is 25.2 Å². The third-order valence-corrected chi connectivity index (χ3v) is 5.25. The van der Waals surface area contributed by atoms with Gasteiger partial charge in [-0.15, -0.1) is 5.10 Å². The van der Waals surface area contributed by atoms with Crippen LogP contribution in [-0.4, -0.2) is 41.1 Å². The number of anilines is 1. The number of H-pyrrole nitrogens is 1. The van der Waals surface area contributed by atoms with Crippen LogP contribution in [0.4, 0.5) is 5.95 Å². The van der Waals surface area contributed by atoms with E-state index >= 15 is 0 Å². The maximum Gasteiger partial charge on any atom is 0.226 e. The summed E-state index contributed by atoms with van der Waals surface area (Å²) in [5.41, 5.74) is 0. The highest BCUT2D eigenvalue weighted by Crippen LogP contribution is 2.38. The van der Waals surface area contributed by atoms with E-state index in [1.54, 1.807) is 7.11 Å². The van der Waals surface area contributed by atoms with E-state index < -0.39 is 0 Å². The summed E-state index contributed by atoms with van der Waals surface area (Å²) in [6, 6.07) is 1.02. The molecular formula is C15H26N4OS. The van der Waals surface area contributed by atoms with Crippen LogP contribution < -0.4 is 4.90 Å². The first-order valence-electron chi connectivity index (χ1n) is 8.15. The second-order valence-corrected chi connectivity index (χ2v) is 6.79. The number of hydrogen-bond acceptors (Lipinski definition) is 4. The zero-order valence-corrected chi connectivity index (χ0v) is 13.9. The monoisotopic (exact) mass is 310 g/mol. The first-order valence-corrected chi connectivity index (χ1v) is 8.55. The van der Waals surface area contributed by atoms with Gasteiger partial charge in [0.1, 0.15) is 0 Å². The number of nitrogens with one attached hydrogen (secondary N) is 1. The number of aromatic nitrogens is 3. The van der Waals surface area contributed by atoms with Gasteiger partial charge in [-0.1, -0.05) is 12.8 Å². The molecule has 0 saturated heterocycles. The van der Waals surface area contributed by atoms with Crippen LogP contribution in [0.25, 0.3) is 0 Å². The van der Waals surface area contributed by atoms with Crippen LogP contribution in [-0.2, 0) is 4.74 Å². The fraction of sp³-hybridized carbons (Fsp3) is 0.867. The molecular weight excluding hydrogens is 284 g/mol. The maximum atomic E-state index is 5.50. The van der Waals surface area contributed by atoms with Crippen molar-refractivity contribution in [3.8, 4) is 0 Å². The van der Waals surface area contributed by atoms with E-state index in [9.17, 15) is 0 Å². The zero-order valence-electron chi connectivity index (χ0n) is 13.0. The lowest BCUT2D eigenvalue weighted by molar-refractivity contribution is 0.202. The predicted octanol–water partition coefficient (Wildman–Crippen LogP) is 3.31. The summed E-state index contributed by atoms with van der Waals surface area (Å²) < 4.78 is 8.33. The van der Waals surface area contributed by atoms with Crippen molar-refractivity contribution >= 4 is 18.2 Å². The quantitative estimate of drug-likeness (QED) is 0.785. The number of rotatable bonds is 7.